The van der Waals surface area contributed by atoms with E-state index >= 15 is 0 Å². The Kier molecular flexibility index (Phi) is 4.71. The molecule has 6 heteroatoms. The van der Waals surface area contributed by atoms with Crippen LogP contribution >= 0.6 is 0 Å². The lowest BCUT2D eigenvalue weighted by molar-refractivity contribution is -0.135. The molecule has 1 saturated carbocycles. The molecule has 3 unspecified atom stereocenters. The van der Waals surface area contributed by atoms with E-state index in [2.05, 4.69) is 0 Å². The number of amides is 2. The Balaban J connectivity index is 1.54. The molecule has 2 fully saturated rings. The fourth-order valence-corrected chi connectivity index (χ4v) is 3.66. The maximum Gasteiger partial charge on any atom is 0.227 e. The molecule has 1 aliphatic carbocycles. The summed E-state index contributed by atoms with van der Waals surface area (Å²) in [6, 6.07) is 3.62. The lowest BCUT2D eigenvalue weighted by Crippen LogP contribution is -2.39. The fraction of sp³-hybridized carbons (Fsp3) is 0.647. The summed E-state index contributed by atoms with van der Waals surface area (Å²) in [5.74, 6) is 0.601. The van der Waals surface area contributed by atoms with Crippen molar-refractivity contribution < 1.29 is 19.1 Å². The monoisotopic (exact) mass is 320 g/mol. The van der Waals surface area contributed by atoms with E-state index in [1.807, 2.05) is 6.07 Å². The second-order valence-electron chi connectivity index (χ2n) is 6.73. The second-order valence-corrected chi connectivity index (χ2v) is 6.73. The van der Waals surface area contributed by atoms with E-state index in [0.717, 1.165) is 25.0 Å². The van der Waals surface area contributed by atoms with Crippen molar-refractivity contribution in [2.45, 2.75) is 38.3 Å². The first-order chi connectivity index (χ1) is 11.0. The van der Waals surface area contributed by atoms with Gasteiger partial charge in [-0.1, -0.05) is 6.42 Å². The van der Waals surface area contributed by atoms with Gasteiger partial charge in [0.05, 0.1) is 24.8 Å². The highest BCUT2D eigenvalue weighted by Gasteiger charge is 2.37. The highest BCUT2D eigenvalue weighted by Crippen LogP contribution is 2.27. The largest absolute Gasteiger partial charge is 0.467 e. The van der Waals surface area contributed by atoms with E-state index in [1.54, 1.807) is 29.2 Å². The predicted octanol–water partition coefficient (Wildman–Crippen LogP) is 1.25. The number of hydrogen-bond donors (Lipinski definition) is 1. The van der Waals surface area contributed by atoms with Crippen LogP contribution in [-0.4, -0.2) is 53.0 Å². The van der Waals surface area contributed by atoms with E-state index < -0.39 is 0 Å². The first kappa shape index (κ1) is 16.1. The van der Waals surface area contributed by atoms with Crippen LogP contribution in [0.25, 0.3) is 0 Å². The van der Waals surface area contributed by atoms with Crippen molar-refractivity contribution in [3.63, 3.8) is 0 Å². The number of aliphatic hydroxyl groups is 1. The standard InChI is InChI=1S/C17H24N2O4/c1-18(9-12-4-2-6-15(12)20)17(22)13-8-16(21)19(10-13)11-14-5-3-7-23-14/h3,5,7,12-13,15,20H,2,4,6,8-11H2,1H3. The zero-order valence-corrected chi connectivity index (χ0v) is 13.5. The molecule has 23 heavy (non-hydrogen) atoms. The van der Waals surface area contributed by atoms with Crippen LogP contribution in [0.2, 0.25) is 0 Å². The third-order valence-corrected chi connectivity index (χ3v) is 4.99. The molecule has 126 valence electrons. The van der Waals surface area contributed by atoms with Crippen molar-refractivity contribution in [3.05, 3.63) is 24.2 Å². The first-order valence-corrected chi connectivity index (χ1v) is 8.28. The summed E-state index contributed by atoms with van der Waals surface area (Å²) >= 11 is 0. The molecule has 1 aromatic rings. The Labute approximate surface area is 136 Å². The van der Waals surface area contributed by atoms with Crippen molar-refractivity contribution >= 4 is 11.8 Å². The van der Waals surface area contributed by atoms with Gasteiger partial charge in [0.1, 0.15) is 5.76 Å². The zero-order chi connectivity index (χ0) is 16.4. The third kappa shape index (κ3) is 3.58. The van der Waals surface area contributed by atoms with Crippen LogP contribution < -0.4 is 0 Å². The SMILES string of the molecule is CN(CC1CCCC1O)C(=O)C1CC(=O)N(Cc2ccco2)C1. The molecule has 2 amide bonds. The van der Waals surface area contributed by atoms with Crippen LogP contribution in [0, 0.1) is 11.8 Å². The molecule has 2 aliphatic rings. The molecule has 2 heterocycles. The highest BCUT2D eigenvalue weighted by molar-refractivity contribution is 5.89. The quantitative estimate of drug-likeness (QED) is 0.886. The van der Waals surface area contributed by atoms with Gasteiger partial charge in [-0.3, -0.25) is 9.59 Å². The minimum Gasteiger partial charge on any atom is -0.467 e. The van der Waals surface area contributed by atoms with Crippen LogP contribution in [0.5, 0.6) is 0 Å². The van der Waals surface area contributed by atoms with E-state index in [4.69, 9.17) is 4.42 Å². The Morgan fingerprint density at radius 2 is 2.30 bits per heavy atom. The number of likely N-dealkylation sites (tertiary alicyclic amines) is 1. The molecule has 3 rings (SSSR count). The molecule has 1 aromatic heterocycles. The zero-order valence-electron chi connectivity index (χ0n) is 13.5. The summed E-state index contributed by atoms with van der Waals surface area (Å²) < 4.78 is 5.27. The van der Waals surface area contributed by atoms with E-state index in [9.17, 15) is 14.7 Å². The minimum atomic E-state index is -0.300. The molecule has 0 radical (unpaired) electrons. The highest BCUT2D eigenvalue weighted by atomic mass is 16.3. The molecular weight excluding hydrogens is 296 g/mol. The summed E-state index contributed by atoms with van der Waals surface area (Å²) in [4.78, 5) is 28.1. The predicted molar refractivity (Wildman–Crippen MR) is 83.2 cm³/mol. The van der Waals surface area contributed by atoms with Crippen LogP contribution in [0.15, 0.2) is 22.8 Å². The van der Waals surface area contributed by atoms with Crippen LogP contribution in [0.4, 0.5) is 0 Å². The average Bonchev–Trinajstić information content (AvgIpc) is 3.24. The van der Waals surface area contributed by atoms with Crippen molar-refractivity contribution in [3.8, 4) is 0 Å². The third-order valence-electron chi connectivity index (χ3n) is 4.99. The number of carbonyl (C=O) groups excluding carboxylic acids is 2. The molecule has 3 atom stereocenters. The lowest BCUT2D eigenvalue weighted by Gasteiger charge is -2.25. The summed E-state index contributed by atoms with van der Waals surface area (Å²) in [5.41, 5.74) is 0. The van der Waals surface area contributed by atoms with Crippen LogP contribution in [0.3, 0.4) is 0 Å². The summed E-state index contributed by atoms with van der Waals surface area (Å²) in [6.07, 6.45) is 4.35. The number of carbonyl (C=O) groups is 2. The smallest absolute Gasteiger partial charge is 0.227 e. The first-order valence-electron chi connectivity index (χ1n) is 8.28. The van der Waals surface area contributed by atoms with Crippen molar-refractivity contribution in [1.29, 1.82) is 0 Å². The second kappa shape index (κ2) is 6.74. The molecule has 0 aromatic carbocycles. The van der Waals surface area contributed by atoms with Gasteiger partial charge < -0.3 is 19.3 Å². The number of furan rings is 1. The molecular formula is C17H24N2O4. The number of nitrogens with zero attached hydrogens (tertiary/aromatic N) is 2. The Morgan fingerprint density at radius 1 is 1.48 bits per heavy atom. The van der Waals surface area contributed by atoms with Crippen LogP contribution in [-0.2, 0) is 16.1 Å². The molecule has 1 saturated heterocycles. The lowest BCUT2D eigenvalue weighted by atomic mass is 10.0. The maximum atomic E-state index is 12.6. The molecule has 0 bridgehead atoms. The van der Waals surface area contributed by atoms with Crippen molar-refractivity contribution in [1.82, 2.24) is 9.80 Å². The number of aliphatic hydroxyl groups excluding tert-OH is 1. The summed E-state index contributed by atoms with van der Waals surface area (Å²) in [7, 11) is 1.77. The molecule has 0 spiro atoms. The Morgan fingerprint density at radius 3 is 2.96 bits per heavy atom. The van der Waals surface area contributed by atoms with Crippen molar-refractivity contribution in [2.75, 3.05) is 20.1 Å². The van der Waals surface area contributed by atoms with E-state index in [-0.39, 0.29) is 36.2 Å². The average molecular weight is 320 g/mol. The normalized spacial score (nSPS) is 27.7. The van der Waals surface area contributed by atoms with Gasteiger partial charge in [0.15, 0.2) is 0 Å². The molecule has 1 N–H and O–H groups in total. The van der Waals surface area contributed by atoms with Gasteiger partial charge in [0, 0.05) is 32.5 Å². The molecule has 1 aliphatic heterocycles. The van der Waals surface area contributed by atoms with Gasteiger partial charge in [-0.25, -0.2) is 0 Å². The Hall–Kier alpha value is -1.82. The topological polar surface area (TPSA) is 74.0 Å². The van der Waals surface area contributed by atoms with E-state index in [0.29, 0.717) is 19.6 Å². The number of rotatable bonds is 5. The minimum absolute atomic E-state index is 0.000560. The molecule has 6 nitrogen and oxygen atoms in total. The van der Waals surface area contributed by atoms with Gasteiger partial charge in [-0.15, -0.1) is 0 Å². The maximum absolute atomic E-state index is 12.6. The van der Waals surface area contributed by atoms with Gasteiger partial charge in [0.25, 0.3) is 0 Å². The van der Waals surface area contributed by atoms with Gasteiger partial charge in [-0.2, -0.15) is 0 Å². The summed E-state index contributed by atoms with van der Waals surface area (Å²) in [5, 5.41) is 9.90. The van der Waals surface area contributed by atoms with E-state index in [1.165, 1.54) is 0 Å². The Bertz CT molecular complexity index is 557. The fourth-order valence-electron chi connectivity index (χ4n) is 3.66. The van der Waals surface area contributed by atoms with Gasteiger partial charge in [-0.05, 0) is 25.0 Å². The number of hydrogen-bond acceptors (Lipinski definition) is 4. The summed E-state index contributed by atoms with van der Waals surface area (Å²) in [6.45, 7) is 1.43. The van der Waals surface area contributed by atoms with Gasteiger partial charge in [0.2, 0.25) is 11.8 Å². The van der Waals surface area contributed by atoms with Gasteiger partial charge >= 0.3 is 0 Å². The van der Waals surface area contributed by atoms with Crippen LogP contribution in [0.1, 0.15) is 31.4 Å². The van der Waals surface area contributed by atoms with Crippen molar-refractivity contribution in [2.24, 2.45) is 11.8 Å².